The maximum atomic E-state index is 11.7. The summed E-state index contributed by atoms with van der Waals surface area (Å²) in [5, 5.41) is 0. The van der Waals surface area contributed by atoms with Crippen LogP contribution in [0.3, 0.4) is 0 Å². The van der Waals surface area contributed by atoms with E-state index in [-0.39, 0.29) is 5.56 Å². The molecule has 0 amide bonds. The van der Waals surface area contributed by atoms with Crippen molar-refractivity contribution in [1.82, 2.24) is 9.55 Å². The molecule has 2 aromatic heterocycles. The lowest BCUT2D eigenvalue weighted by Crippen LogP contribution is -2.21. The summed E-state index contributed by atoms with van der Waals surface area (Å²) in [6, 6.07) is 7.32. The van der Waals surface area contributed by atoms with Gasteiger partial charge in [0.25, 0.3) is 5.56 Å². The van der Waals surface area contributed by atoms with E-state index in [1.165, 1.54) is 0 Å². The van der Waals surface area contributed by atoms with Crippen molar-refractivity contribution in [3.63, 3.8) is 0 Å². The second-order valence-electron chi connectivity index (χ2n) is 4.01. The standard InChI is InChI=1S/C13H15N3O/c1-10-8-13(17)16(9-12(10)14)7-5-11-4-2-3-6-15-11/h2-4,6,8-9H,5,7,14H2,1H3. The van der Waals surface area contributed by atoms with Crippen molar-refractivity contribution in [2.45, 2.75) is 19.9 Å². The lowest BCUT2D eigenvalue weighted by Gasteiger charge is -2.07. The smallest absolute Gasteiger partial charge is 0.250 e. The van der Waals surface area contributed by atoms with Crippen LogP contribution in [0.25, 0.3) is 0 Å². The van der Waals surface area contributed by atoms with Gasteiger partial charge in [-0.3, -0.25) is 9.78 Å². The molecular formula is C13H15N3O. The zero-order chi connectivity index (χ0) is 12.3. The SMILES string of the molecule is Cc1cc(=O)n(CCc2ccccn2)cc1N. The zero-order valence-corrected chi connectivity index (χ0v) is 9.76. The quantitative estimate of drug-likeness (QED) is 0.864. The minimum Gasteiger partial charge on any atom is -0.397 e. The van der Waals surface area contributed by atoms with Crippen LogP contribution in [0.4, 0.5) is 5.69 Å². The number of hydrogen-bond acceptors (Lipinski definition) is 3. The molecule has 0 aromatic carbocycles. The van der Waals surface area contributed by atoms with E-state index in [2.05, 4.69) is 4.98 Å². The Morgan fingerprint density at radius 1 is 1.41 bits per heavy atom. The fraction of sp³-hybridized carbons (Fsp3) is 0.231. The summed E-state index contributed by atoms with van der Waals surface area (Å²) < 4.78 is 1.62. The van der Waals surface area contributed by atoms with Gasteiger partial charge in [-0.2, -0.15) is 0 Å². The number of rotatable bonds is 3. The maximum Gasteiger partial charge on any atom is 0.250 e. The van der Waals surface area contributed by atoms with Gasteiger partial charge in [-0.25, -0.2) is 0 Å². The first-order chi connectivity index (χ1) is 8.16. The Hall–Kier alpha value is -2.10. The summed E-state index contributed by atoms with van der Waals surface area (Å²) >= 11 is 0. The largest absolute Gasteiger partial charge is 0.397 e. The second-order valence-corrected chi connectivity index (χ2v) is 4.01. The van der Waals surface area contributed by atoms with E-state index in [1.807, 2.05) is 25.1 Å². The highest BCUT2D eigenvalue weighted by atomic mass is 16.1. The van der Waals surface area contributed by atoms with E-state index in [0.717, 1.165) is 17.7 Å². The van der Waals surface area contributed by atoms with Crippen LogP contribution in [0.1, 0.15) is 11.3 Å². The average Bonchev–Trinajstić information content (AvgIpc) is 2.33. The molecular weight excluding hydrogens is 214 g/mol. The molecule has 0 atom stereocenters. The summed E-state index contributed by atoms with van der Waals surface area (Å²) in [5.74, 6) is 0. The molecule has 0 aliphatic carbocycles. The molecule has 2 aromatic rings. The molecule has 2 rings (SSSR count). The van der Waals surface area contributed by atoms with Crippen molar-refractivity contribution in [2.24, 2.45) is 0 Å². The summed E-state index contributed by atoms with van der Waals surface area (Å²) in [6.07, 6.45) is 4.17. The van der Waals surface area contributed by atoms with Crippen LogP contribution in [-0.4, -0.2) is 9.55 Å². The van der Waals surface area contributed by atoms with Crippen LogP contribution in [0, 0.1) is 6.92 Å². The fourth-order valence-electron chi connectivity index (χ4n) is 1.64. The van der Waals surface area contributed by atoms with Crippen LogP contribution in [0.5, 0.6) is 0 Å². The zero-order valence-electron chi connectivity index (χ0n) is 9.76. The first-order valence-electron chi connectivity index (χ1n) is 5.53. The van der Waals surface area contributed by atoms with Gasteiger partial charge in [0.05, 0.1) is 5.69 Å². The molecule has 0 saturated heterocycles. The Labute approximate surface area is 99.7 Å². The highest BCUT2D eigenvalue weighted by molar-refractivity contribution is 5.42. The monoisotopic (exact) mass is 229 g/mol. The Kier molecular flexibility index (Phi) is 3.23. The molecule has 0 unspecified atom stereocenters. The molecule has 2 N–H and O–H groups in total. The van der Waals surface area contributed by atoms with E-state index >= 15 is 0 Å². The predicted octanol–water partition coefficient (Wildman–Crippen LogP) is 1.38. The van der Waals surface area contributed by atoms with Gasteiger partial charge in [0.15, 0.2) is 0 Å². The van der Waals surface area contributed by atoms with E-state index in [0.29, 0.717) is 12.2 Å². The van der Waals surface area contributed by atoms with Crippen molar-refractivity contribution in [3.05, 3.63) is 58.3 Å². The van der Waals surface area contributed by atoms with Gasteiger partial charge in [-0.1, -0.05) is 6.07 Å². The van der Waals surface area contributed by atoms with Crippen molar-refractivity contribution in [1.29, 1.82) is 0 Å². The summed E-state index contributed by atoms with van der Waals surface area (Å²) in [7, 11) is 0. The Morgan fingerprint density at radius 2 is 2.24 bits per heavy atom. The molecule has 0 radical (unpaired) electrons. The van der Waals surface area contributed by atoms with E-state index in [1.54, 1.807) is 23.0 Å². The molecule has 4 nitrogen and oxygen atoms in total. The first-order valence-corrected chi connectivity index (χ1v) is 5.53. The van der Waals surface area contributed by atoms with Crippen LogP contribution in [0.2, 0.25) is 0 Å². The van der Waals surface area contributed by atoms with E-state index in [9.17, 15) is 4.79 Å². The van der Waals surface area contributed by atoms with Gasteiger partial charge in [0.2, 0.25) is 0 Å². The third-order valence-corrected chi connectivity index (χ3v) is 2.71. The highest BCUT2D eigenvalue weighted by Gasteiger charge is 2.01. The molecule has 0 aliphatic heterocycles. The summed E-state index contributed by atoms with van der Waals surface area (Å²) in [4.78, 5) is 15.9. The second kappa shape index (κ2) is 4.82. The third-order valence-electron chi connectivity index (χ3n) is 2.71. The lowest BCUT2D eigenvalue weighted by atomic mass is 10.2. The first kappa shape index (κ1) is 11.4. The number of nitrogens with two attached hydrogens (primary N) is 1. The predicted molar refractivity (Wildman–Crippen MR) is 67.8 cm³/mol. The van der Waals surface area contributed by atoms with Gasteiger partial charge in [-0.05, 0) is 24.6 Å². The minimum absolute atomic E-state index is 0.0207. The summed E-state index contributed by atoms with van der Waals surface area (Å²) in [6.45, 7) is 2.43. The number of aromatic nitrogens is 2. The fourth-order valence-corrected chi connectivity index (χ4v) is 1.64. The number of pyridine rings is 2. The van der Waals surface area contributed by atoms with E-state index < -0.39 is 0 Å². The molecule has 0 fully saturated rings. The topological polar surface area (TPSA) is 60.9 Å². The minimum atomic E-state index is -0.0207. The normalized spacial score (nSPS) is 10.4. The van der Waals surface area contributed by atoms with E-state index in [4.69, 9.17) is 5.73 Å². The molecule has 0 saturated carbocycles. The van der Waals surface area contributed by atoms with Crippen LogP contribution in [-0.2, 0) is 13.0 Å². The molecule has 0 aliphatic rings. The molecule has 88 valence electrons. The molecule has 2 heterocycles. The van der Waals surface area contributed by atoms with Crippen molar-refractivity contribution >= 4 is 5.69 Å². The number of nitrogen functional groups attached to an aromatic ring is 1. The number of aryl methyl sites for hydroxylation is 3. The Morgan fingerprint density at radius 3 is 2.94 bits per heavy atom. The Bertz CT molecular complexity index is 561. The number of anilines is 1. The molecule has 4 heteroatoms. The number of nitrogens with zero attached hydrogens (tertiary/aromatic N) is 2. The van der Waals surface area contributed by atoms with Crippen LogP contribution < -0.4 is 11.3 Å². The Balaban J connectivity index is 2.15. The third kappa shape index (κ3) is 2.72. The van der Waals surface area contributed by atoms with Gasteiger partial charge in [0, 0.05) is 37.1 Å². The summed E-state index contributed by atoms with van der Waals surface area (Å²) in [5.41, 5.74) is 8.20. The average molecular weight is 229 g/mol. The lowest BCUT2D eigenvalue weighted by molar-refractivity contribution is 0.661. The number of hydrogen-bond donors (Lipinski definition) is 1. The maximum absolute atomic E-state index is 11.7. The van der Waals surface area contributed by atoms with Crippen molar-refractivity contribution in [2.75, 3.05) is 5.73 Å². The molecule has 17 heavy (non-hydrogen) atoms. The van der Waals surface area contributed by atoms with Gasteiger partial charge >= 0.3 is 0 Å². The van der Waals surface area contributed by atoms with Gasteiger partial charge < -0.3 is 10.3 Å². The van der Waals surface area contributed by atoms with Gasteiger partial charge in [-0.15, -0.1) is 0 Å². The van der Waals surface area contributed by atoms with Crippen LogP contribution in [0.15, 0.2) is 41.5 Å². The molecule has 0 spiro atoms. The van der Waals surface area contributed by atoms with Crippen molar-refractivity contribution in [3.8, 4) is 0 Å². The van der Waals surface area contributed by atoms with Crippen molar-refractivity contribution < 1.29 is 0 Å². The van der Waals surface area contributed by atoms with Crippen LogP contribution >= 0.6 is 0 Å². The molecule has 0 bridgehead atoms. The van der Waals surface area contributed by atoms with Gasteiger partial charge in [0.1, 0.15) is 0 Å². The highest BCUT2D eigenvalue weighted by Crippen LogP contribution is 2.06.